The van der Waals surface area contributed by atoms with E-state index in [4.69, 9.17) is 4.74 Å². The average Bonchev–Trinajstić information content (AvgIpc) is 3.07. The molecule has 1 aliphatic heterocycles. The van der Waals surface area contributed by atoms with Crippen LogP contribution < -0.4 is 5.32 Å². The van der Waals surface area contributed by atoms with Gasteiger partial charge >= 0.3 is 0 Å². The highest BCUT2D eigenvalue weighted by Crippen LogP contribution is 2.41. The molecule has 0 aromatic heterocycles. The van der Waals surface area contributed by atoms with Crippen molar-refractivity contribution in [3.8, 4) is 0 Å². The first-order chi connectivity index (χ1) is 7.27. The van der Waals surface area contributed by atoms with Crippen molar-refractivity contribution in [2.45, 2.75) is 63.6 Å². The molecule has 1 atom stereocenters. The molecule has 0 bridgehead atoms. The molecule has 3 fully saturated rings. The Balaban J connectivity index is 1.64. The summed E-state index contributed by atoms with van der Waals surface area (Å²) in [4.78, 5) is 0. The molecule has 1 N–H and O–H groups in total. The molecule has 2 nitrogen and oxygen atoms in total. The lowest BCUT2D eigenvalue weighted by Crippen LogP contribution is -2.58. The fourth-order valence-corrected chi connectivity index (χ4v) is 3.20. The maximum atomic E-state index is 6.05. The molecule has 0 amide bonds. The molecule has 3 rings (SSSR count). The minimum Gasteiger partial charge on any atom is -0.361 e. The van der Waals surface area contributed by atoms with Crippen LogP contribution in [0, 0.1) is 11.8 Å². The summed E-state index contributed by atoms with van der Waals surface area (Å²) in [7, 11) is 0. The smallest absolute Gasteiger partial charge is 0.119 e. The summed E-state index contributed by atoms with van der Waals surface area (Å²) in [5.74, 6) is 1.88. The van der Waals surface area contributed by atoms with Crippen LogP contribution in [0.5, 0.6) is 0 Å². The molecule has 2 aliphatic carbocycles. The van der Waals surface area contributed by atoms with Crippen LogP contribution in [0.2, 0.25) is 0 Å². The molecule has 1 unspecified atom stereocenters. The van der Waals surface area contributed by atoms with E-state index >= 15 is 0 Å². The van der Waals surface area contributed by atoms with Gasteiger partial charge in [0.15, 0.2) is 0 Å². The van der Waals surface area contributed by atoms with Crippen molar-refractivity contribution >= 4 is 0 Å². The predicted octanol–water partition coefficient (Wildman–Crippen LogP) is 2.68. The molecule has 2 heteroatoms. The van der Waals surface area contributed by atoms with Crippen molar-refractivity contribution in [1.82, 2.24) is 5.32 Å². The van der Waals surface area contributed by atoms with Crippen molar-refractivity contribution in [2.75, 3.05) is 6.61 Å². The van der Waals surface area contributed by atoms with Crippen LogP contribution in [0.25, 0.3) is 0 Å². The lowest BCUT2D eigenvalue weighted by atomic mass is 9.83. The van der Waals surface area contributed by atoms with Gasteiger partial charge in [0.1, 0.15) is 5.72 Å². The quantitative estimate of drug-likeness (QED) is 0.717. The van der Waals surface area contributed by atoms with Crippen molar-refractivity contribution in [3.05, 3.63) is 0 Å². The Morgan fingerprint density at radius 3 is 2.47 bits per heavy atom. The fraction of sp³-hybridized carbons (Fsp3) is 1.00. The number of hydrogen-bond acceptors (Lipinski definition) is 2. The molecule has 1 spiro atoms. The molecular formula is C13H23NO. The second kappa shape index (κ2) is 3.74. The molecule has 0 aromatic rings. The Hall–Kier alpha value is -0.0800. The van der Waals surface area contributed by atoms with Crippen molar-refractivity contribution in [2.24, 2.45) is 11.8 Å². The van der Waals surface area contributed by atoms with E-state index in [-0.39, 0.29) is 5.72 Å². The fourth-order valence-electron chi connectivity index (χ4n) is 3.20. The lowest BCUT2D eigenvalue weighted by molar-refractivity contribution is -0.137. The van der Waals surface area contributed by atoms with E-state index in [9.17, 15) is 0 Å². The maximum absolute atomic E-state index is 6.05. The highest BCUT2D eigenvalue weighted by Gasteiger charge is 2.43. The summed E-state index contributed by atoms with van der Waals surface area (Å²) < 4.78 is 6.05. The monoisotopic (exact) mass is 209 g/mol. The van der Waals surface area contributed by atoms with Gasteiger partial charge in [0, 0.05) is 6.04 Å². The molecule has 15 heavy (non-hydrogen) atoms. The van der Waals surface area contributed by atoms with E-state index in [1.165, 1.54) is 44.9 Å². The van der Waals surface area contributed by atoms with Crippen LogP contribution in [-0.4, -0.2) is 18.4 Å². The molecule has 86 valence electrons. The highest BCUT2D eigenvalue weighted by atomic mass is 16.5. The van der Waals surface area contributed by atoms with Gasteiger partial charge in [-0.05, 0) is 56.8 Å². The molecule has 3 aliphatic rings. The zero-order valence-corrected chi connectivity index (χ0v) is 9.80. The Morgan fingerprint density at radius 2 is 1.80 bits per heavy atom. The molecule has 2 saturated carbocycles. The van der Waals surface area contributed by atoms with E-state index in [1.807, 2.05) is 0 Å². The first-order valence-corrected chi connectivity index (χ1v) is 6.69. The van der Waals surface area contributed by atoms with E-state index in [1.54, 1.807) is 0 Å². The van der Waals surface area contributed by atoms with E-state index in [0.717, 1.165) is 24.5 Å². The number of rotatable bonds is 1. The molecule has 1 heterocycles. The van der Waals surface area contributed by atoms with Crippen LogP contribution in [0.1, 0.15) is 51.9 Å². The van der Waals surface area contributed by atoms with Crippen molar-refractivity contribution < 1.29 is 4.74 Å². The van der Waals surface area contributed by atoms with Crippen molar-refractivity contribution in [3.63, 3.8) is 0 Å². The molecule has 0 radical (unpaired) electrons. The Bertz CT molecular complexity index is 229. The average molecular weight is 209 g/mol. The van der Waals surface area contributed by atoms with E-state index in [2.05, 4.69) is 12.2 Å². The lowest BCUT2D eigenvalue weighted by Gasteiger charge is -2.46. The highest BCUT2D eigenvalue weighted by molar-refractivity contribution is 4.95. The summed E-state index contributed by atoms with van der Waals surface area (Å²) in [5, 5.41) is 3.83. The summed E-state index contributed by atoms with van der Waals surface area (Å²) in [6.45, 7) is 3.36. The van der Waals surface area contributed by atoms with Gasteiger partial charge in [-0.2, -0.15) is 0 Å². The molecule has 0 aromatic carbocycles. The van der Waals surface area contributed by atoms with Gasteiger partial charge in [-0.15, -0.1) is 0 Å². The summed E-state index contributed by atoms with van der Waals surface area (Å²) >= 11 is 0. The number of hydrogen-bond donors (Lipinski definition) is 1. The molecular weight excluding hydrogens is 186 g/mol. The van der Waals surface area contributed by atoms with Crippen LogP contribution in [0.15, 0.2) is 0 Å². The first-order valence-electron chi connectivity index (χ1n) is 6.69. The third-order valence-corrected chi connectivity index (χ3v) is 4.53. The van der Waals surface area contributed by atoms with E-state index in [0.29, 0.717) is 0 Å². The zero-order valence-electron chi connectivity index (χ0n) is 9.80. The SMILES string of the molecule is CC1CCC2(CC1)NC(C1CC1)CCO2. The number of nitrogens with one attached hydrogen (secondary N) is 1. The standard InChI is InChI=1S/C13H23NO/c1-10-4-7-13(8-5-10)14-12(6-9-15-13)11-2-3-11/h10-12,14H,2-9H2,1H3. The van der Waals surface area contributed by atoms with Crippen LogP contribution >= 0.6 is 0 Å². The minimum atomic E-state index is 0.0814. The maximum Gasteiger partial charge on any atom is 0.119 e. The van der Waals surface area contributed by atoms with Gasteiger partial charge in [-0.1, -0.05) is 6.92 Å². The third-order valence-electron chi connectivity index (χ3n) is 4.53. The van der Waals surface area contributed by atoms with E-state index < -0.39 is 0 Å². The van der Waals surface area contributed by atoms with Crippen molar-refractivity contribution in [1.29, 1.82) is 0 Å². The summed E-state index contributed by atoms with van der Waals surface area (Å²) in [6.07, 6.45) is 9.28. The summed E-state index contributed by atoms with van der Waals surface area (Å²) in [5.41, 5.74) is 0.0814. The van der Waals surface area contributed by atoms with Crippen LogP contribution in [-0.2, 0) is 4.74 Å². The van der Waals surface area contributed by atoms with Crippen LogP contribution in [0.3, 0.4) is 0 Å². The minimum absolute atomic E-state index is 0.0814. The van der Waals surface area contributed by atoms with Gasteiger partial charge in [-0.25, -0.2) is 0 Å². The predicted molar refractivity (Wildman–Crippen MR) is 60.6 cm³/mol. The first kappa shape index (κ1) is 10.1. The normalized spacial score (nSPS) is 47.0. The second-order valence-corrected chi connectivity index (χ2v) is 5.90. The largest absolute Gasteiger partial charge is 0.361 e. The van der Waals surface area contributed by atoms with Gasteiger partial charge in [-0.3, -0.25) is 5.32 Å². The third kappa shape index (κ3) is 2.07. The van der Waals surface area contributed by atoms with Gasteiger partial charge < -0.3 is 4.74 Å². The number of ether oxygens (including phenoxy) is 1. The van der Waals surface area contributed by atoms with Gasteiger partial charge in [0.25, 0.3) is 0 Å². The van der Waals surface area contributed by atoms with Crippen LogP contribution in [0.4, 0.5) is 0 Å². The Labute approximate surface area is 92.8 Å². The second-order valence-electron chi connectivity index (χ2n) is 5.90. The van der Waals surface area contributed by atoms with Gasteiger partial charge in [0.05, 0.1) is 6.61 Å². The molecule has 1 saturated heterocycles. The zero-order chi connectivity index (χ0) is 10.3. The Morgan fingerprint density at radius 1 is 1.07 bits per heavy atom. The Kier molecular flexibility index (Phi) is 2.52. The van der Waals surface area contributed by atoms with Gasteiger partial charge in [0.2, 0.25) is 0 Å². The summed E-state index contributed by atoms with van der Waals surface area (Å²) in [6, 6.07) is 0.771. The topological polar surface area (TPSA) is 21.3 Å².